The Morgan fingerprint density at radius 3 is 2.26 bits per heavy atom. The molecule has 0 heterocycles. The number of aliphatic hydroxyl groups excluding tert-OH is 1. The molecule has 2 aromatic carbocycles. The number of anilines is 1. The van der Waals surface area contributed by atoms with Crippen molar-refractivity contribution in [2.75, 3.05) is 25.2 Å². The molecule has 0 bridgehead atoms. The number of nitrogens with zero attached hydrogens (tertiary/aromatic N) is 1. The molecule has 168 valence electrons. The quantitative estimate of drug-likeness (QED) is 0.611. The van der Waals surface area contributed by atoms with E-state index in [9.17, 15) is 14.4 Å². The van der Waals surface area contributed by atoms with E-state index in [0.29, 0.717) is 25.1 Å². The topological polar surface area (TPSA) is 93.1 Å². The van der Waals surface area contributed by atoms with E-state index in [1.54, 1.807) is 30.0 Å². The number of rotatable bonds is 9. The van der Waals surface area contributed by atoms with Gasteiger partial charge >= 0.3 is 11.9 Å². The Morgan fingerprint density at radius 1 is 1.00 bits per heavy atom. The van der Waals surface area contributed by atoms with Gasteiger partial charge in [0.05, 0.1) is 25.8 Å². The summed E-state index contributed by atoms with van der Waals surface area (Å²) in [5, 5.41) is 7.86. The van der Waals surface area contributed by atoms with Crippen molar-refractivity contribution in [2.24, 2.45) is 0 Å². The fourth-order valence-electron chi connectivity index (χ4n) is 2.63. The number of methoxy groups -OCH3 is 1. The summed E-state index contributed by atoms with van der Waals surface area (Å²) < 4.78 is 9.07. The molecule has 0 aromatic heterocycles. The van der Waals surface area contributed by atoms with E-state index in [1.165, 1.54) is 7.11 Å². The molecule has 0 aliphatic carbocycles. The molecule has 2 aromatic rings. The Labute approximate surface area is 183 Å². The molecule has 0 spiro atoms. The van der Waals surface area contributed by atoms with Crippen LogP contribution in [0.2, 0.25) is 0 Å². The molecule has 0 aliphatic heterocycles. The average molecular weight is 430 g/mol. The van der Waals surface area contributed by atoms with Gasteiger partial charge in [-0.05, 0) is 37.1 Å². The van der Waals surface area contributed by atoms with Crippen LogP contribution in [0.3, 0.4) is 0 Å². The maximum atomic E-state index is 12.7. The molecule has 0 unspecified atom stereocenters. The van der Waals surface area contributed by atoms with E-state index in [1.807, 2.05) is 36.4 Å². The highest BCUT2D eigenvalue weighted by molar-refractivity contribution is 5.96. The van der Waals surface area contributed by atoms with Gasteiger partial charge < -0.3 is 19.5 Å². The van der Waals surface area contributed by atoms with Gasteiger partial charge in [-0.25, -0.2) is 9.59 Å². The van der Waals surface area contributed by atoms with Crippen LogP contribution < -0.4 is 4.90 Å². The lowest BCUT2D eigenvalue weighted by molar-refractivity contribution is -0.143. The fraction of sp³-hybridized carbons (Fsp3) is 0.375. The molecular formula is C24H31NO6. The summed E-state index contributed by atoms with van der Waals surface area (Å²) in [5.41, 5.74) is 2.23. The third kappa shape index (κ3) is 9.44. The first-order valence-corrected chi connectivity index (χ1v) is 10.3. The monoisotopic (exact) mass is 429 g/mol. The Balaban J connectivity index is 0.000000703. The van der Waals surface area contributed by atoms with Gasteiger partial charge in [0, 0.05) is 12.1 Å². The third-order valence-electron chi connectivity index (χ3n) is 4.25. The molecule has 2 rings (SSSR count). The lowest BCUT2D eigenvalue weighted by atomic mass is 10.1. The number of amides is 1. The summed E-state index contributed by atoms with van der Waals surface area (Å²) in [7, 11) is 1.22. The molecular weight excluding hydrogens is 398 g/mol. The largest absolute Gasteiger partial charge is 0.467 e. The maximum absolute atomic E-state index is 12.7. The van der Waals surface area contributed by atoms with Crippen LogP contribution in [0.4, 0.5) is 5.69 Å². The van der Waals surface area contributed by atoms with Gasteiger partial charge in [0.15, 0.2) is 0 Å². The molecule has 0 fully saturated rings. The number of hydrogen-bond donors (Lipinski definition) is 1. The van der Waals surface area contributed by atoms with Crippen molar-refractivity contribution < 1.29 is 29.0 Å². The summed E-state index contributed by atoms with van der Waals surface area (Å²) in [4.78, 5) is 36.2. The average Bonchev–Trinajstić information content (AvgIpc) is 2.81. The molecule has 1 N–H and O–H groups in total. The molecule has 0 aliphatic rings. The summed E-state index contributed by atoms with van der Waals surface area (Å²) in [6, 6.07) is 16.9. The van der Waals surface area contributed by atoms with Crippen LogP contribution in [0.5, 0.6) is 0 Å². The standard InChI is InChI=1S/C21H25NO3.C3H6O3/c1-3-5-14-20(23)22(16-17-10-7-6-8-11-17)19-13-9-12-18(15-19)21(24)25-4-2;1-6-3(5)2-4/h6-13,15H,3-5,14,16H2,1-2H3;4H,2H2,1H3. The number of carbonyl (C=O) groups excluding carboxylic acids is 3. The van der Waals surface area contributed by atoms with E-state index in [2.05, 4.69) is 11.7 Å². The van der Waals surface area contributed by atoms with E-state index in [4.69, 9.17) is 9.84 Å². The first-order valence-electron chi connectivity index (χ1n) is 10.3. The number of hydrogen-bond acceptors (Lipinski definition) is 6. The van der Waals surface area contributed by atoms with Crippen LogP contribution in [-0.2, 0) is 25.6 Å². The zero-order valence-corrected chi connectivity index (χ0v) is 18.4. The van der Waals surface area contributed by atoms with Gasteiger partial charge in [-0.15, -0.1) is 0 Å². The van der Waals surface area contributed by atoms with Crippen molar-refractivity contribution in [1.29, 1.82) is 0 Å². The highest BCUT2D eigenvalue weighted by Gasteiger charge is 2.17. The molecule has 7 nitrogen and oxygen atoms in total. The van der Waals surface area contributed by atoms with Crippen LogP contribution in [0, 0.1) is 0 Å². The SMILES string of the molecule is CCCCC(=O)N(Cc1ccccc1)c1cccc(C(=O)OCC)c1.COC(=O)CO. The molecule has 0 atom stereocenters. The highest BCUT2D eigenvalue weighted by atomic mass is 16.5. The number of aliphatic hydroxyl groups is 1. The zero-order valence-electron chi connectivity index (χ0n) is 18.4. The van der Waals surface area contributed by atoms with Crippen LogP contribution in [0.1, 0.15) is 49.0 Å². The van der Waals surface area contributed by atoms with Gasteiger partial charge in [0.2, 0.25) is 5.91 Å². The Hall–Kier alpha value is -3.19. The van der Waals surface area contributed by atoms with E-state index in [0.717, 1.165) is 24.1 Å². The first kappa shape index (κ1) is 25.8. The number of carbonyl (C=O) groups is 3. The lowest BCUT2D eigenvalue weighted by Crippen LogP contribution is -2.30. The van der Waals surface area contributed by atoms with E-state index in [-0.39, 0.29) is 11.9 Å². The minimum Gasteiger partial charge on any atom is -0.467 e. The van der Waals surface area contributed by atoms with Crippen molar-refractivity contribution >= 4 is 23.5 Å². The van der Waals surface area contributed by atoms with Gasteiger partial charge in [-0.3, -0.25) is 4.79 Å². The van der Waals surface area contributed by atoms with Crippen molar-refractivity contribution in [3.05, 3.63) is 65.7 Å². The van der Waals surface area contributed by atoms with Crippen LogP contribution in [-0.4, -0.2) is 43.3 Å². The molecule has 0 radical (unpaired) electrons. The van der Waals surface area contributed by atoms with Crippen LogP contribution in [0.25, 0.3) is 0 Å². The second-order valence-electron chi connectivity index (χ2n) is 6.57. The van der Waals surface area contributed by atoms with Gasteiger partial charge in [0.25, 0.3) is 0 Å². The maximum Gasteiger partial charge on any atom is 0.338 e. The van der Waals surface area contributed by atoms with Gasteiger partial charge in [0.1, 0.15) is 6.61 Å². The third-order valence-corrected chi connectivity index (χ3v) is 4.25. The number of benzene rings is 2. The van der Waals surface area contributed by atoms with Crippen molar-refractivity contribution in [3.8, 4) is 0 Å². The highest BCUT2D eigenvalue weighted by Crippen LogP contribution is 2.21. The summed E-state index contributed by atoms with van der Waals surface area (Å²) in [5.74, 6) is -0.910. The normalized spacial score (nSPS) is 9.81. The number of esters is 2. The van der Waals surface area contributed by atoms with Crippen molar-refractivity contribution in [2.45, 2.75) is 39.7 Å². The second-order valence-corrected chi connectivity index (χ2v) is 6.57. The Bertz CT molecular complexity index is 816. The summed E-state index contributed by atoms with van der Waals surface area (Å²) in [6.07, 6.45) is 2.31. The van der Waals surface area contributed by atoms with Gasteiger partial charge in [-0.2, -0.15) is 0 Å². The van der Waals surface area contributed by atoms with Crippen LogP contribution >= 0.6 is 0 Å². The molecule has 31 heavy (non-hydrogen) atoms. The van der Waals surface area contributed by atoms with Crippen molar-refractivity contribution in [3.63, 3.8) is 0 Å². The summed E-state index contributed by atoms with van der Waals surface area (Å²) in [6.45, 7) is 4.12. The predicted octanol–water partition coefficient (Wildman–Crippen LogP) is 3.74. The number of ether oxygens (including phenoxy) is 2. The van der Waals surface area contributed by atoms with E-state index >= 15 is 0 Å². The fourth-order valence-corrected chi connectivity index (χ4v) is 2.63. The first-order chi connectivity index (χ1) is 15.0. The second kappa shape index (κ2) is 14.7. The minimum atomic E-state index is -0.602. The smallest absolute Gasteiger partial charge is 0.338 e. The minimum absolute atomic E-state index is 0.0618. The molecule has 0 saturated carbocycles. The predicted molar refractivity (Wildman–Crippen MR) is 119 cm³/mol. The molecule has 7 heteroatoms. The molecule has 1 amide bonds. The molecule has 0 saturated heterocycles. The van der Waals surface area contributed by atoms with Crippen molar-refractivity contribution in [1.82, 2.24) is 0 Å². The Morgan fingerprint density at radius 2 is 1.71 bits per heavy atom. The van der Waals surface area contributed by atoms with E-state index < -0.39 is 12.6 Å². The number of unbranched alkanes of at least 4 members (excludes halogenated alkanes) is 1. The van der Waals surface area contributed by atoms with Gasteiger partial charge in [-0.1, -0.05) is 49.7 Å². The zero-order chi connectivity index (χ0) is 23.1. The summed E-state index contributed by atoms with van der Waals surface area (Å²) >= 11 is 0. The Kier molecular flexibility index (Phi) is 12.3. The van der Waals surface area contributed by atoms with Crippen LogP contribution in [0.15, 0.2) is 54.6 Å². The lowest BCUT2D eigenvalue weighted by Gasteiger charge is -2.23.